The highest BCUT2D eigenvalue weighted by molar-refractivity contribution is 6.74. The Morgan fingerprint density at radius 3 is 2.26 bits per heavy atom. The Morgan fingerprint density at radius 1 is 0.920 bits per heavy atom. The molecule has 3 aliphatic heterocycles. The van der Waals surface area contributed by atoms with Crippen LogP contribution < -0.4 is 0 Å². The molecule has 0 saturated carbocycles. The van der Waals surface area contributed by atoms with Crippen LogP contribution in [0.1, 0.15) is 100 Å². The van der Waals surface area contributed by atoms with Gasteiger partial charge in [-0.05, 0) is 87.6 Å². The molecule has 50 heavy (non-hydrogen) atoms. The molecular weight excluding hydrogens is 657 g/mol. The van der Waals surface area contributed by atoms with E-state index in [2.05, 4.69) is 131 Å². The van der Waals surface area contributed by atoms with Gasteiger partial charge in [0, 0.05) is 12.5 Å². The maximum absolute atomic E-state index is 13.5. The van der Waals surface area contributed by atoms with E-state index in [1.54, 1.807) is 6.08 Å². The number of rotatable bonds is 7. The molecule has 7 atom stereocenters. The molecule has 0 aromatic rings. The van der Waals surface area contributed by atoms with Crippen molar-refractivity contribution in [3.63, 3.8) is 0 Å². The number of hydrogen-bond donors (Lipinski definition) is 0. The number of carbonyl (C=O) groups excluding carboxylic acids is 1. The Hall–Kier alpha value is -1.82. The molecule has 0 amide bonds. The van der Waals surface area contributed by atoms with E-state index in [0.29, 0.717) is 25.4 Å². The number of cyclic esters (lactones) is 1. The summed E-state index contributed by atoms with van der Waals surface area (Å²) in [5.74, 6) is 0.0697. The topological polar surface area (TPSA) is 63.2 Å². The molecule has 0 aromatic carbocycles. The van der Waals surface area contributed by atoms with Crippen molar-refractivity contribution in [2.24, 2.45) is 5.92 Å². The molecule has 3 heterocycles. The molecule has 0 aliphatic carbocycles. The molecule has 2 bridgehead atoms. The van der Waals surface area contributed by atoms with Crippen LogP contribution in [0.4, 0.5) is 0 Å². The van der Waals surface area contributed by atoms with E-state index in [1.807, 2.05) is 6.08 Å². The third-order valence-corrected chi connectivity index (χ3v) is 20.1. The van der Waals surface area contributed by atoms with Crippen molar-refractivity contribution >= 4 is 22.6 Å². The van der Waals surface area contributed by atoms with Crippen LogP contribution in [0.25, 0.3) is 0 Å². The van der Waals surface area contributed by atoms with Crippen molar-refractivity contribution in [2.45, 2.75) is 173 Å². The first-order valence-electron chi connectivity index (χ1n) is 19.0. The lowest BCUT2D eigenvalue weighted by Gasteiger charge is -2.40. The first-order valence-corrected chi connectivity index (χ1v) is 24.8. The summed E-state index contributed by atoms with van der Waals surface area (Å²) < 4.78 is 32.9. The summed E-state index contributed by atoms with van der Waals surface area (Å²) in [5.41, 5.74) is 2.51. The first-order chi connectivity index (χ1) is 23.1. The molecule has 0 aromatic heterocycles. The van der Waals surface area contributed by atoms with Crippen molar-refractivity contribution in [3.05, 3.63) is 72.4 Å². The lowest BCUT2D eigenvalue weighted by molar-refractivity contribution is -0.146. The third-order valence-electron chi connectivity index (χ3n) is 11.2. The highest BCUT2D eigenvalue weighted by Gasteiger charge is 2.41. The molecule has 6 nitrogen and oxygen atoms in total. The Morgan fingerprint density at radius 2 is 1.60 bits per heavy atom. The molecule has 0 fully saturated rings. The van der Waals surface area contributed by atoms with Gasteiger partial charge in [-0.3, -0.25) is 0 Å². The van der Waals surface area contributed by atoms with E-state index in [4.69, 9.17) is 23.1 Å². The van der Waals surface area contributed by atoms with E-state index in [-0.39, 0.29) is 40.5 Å². The Bertz CT molecular complexity index is 1280. The molecule has 8 heteroatoms. The van der Waals surface area contributed by atoms with Gasteiger partial charge in [-0.2, -0.15) is 0 Å². The molecule has 0 radical (unpaired) electrons. The van der Waals surface area contributed by atoms with Gasteiger partial charge in [-0.15, -0.1) is 0 Å². The minimum atomic E-state index is -2.27. The zero-order valence-electron chi connectivity index (χ0n) is 33.6. The minimum absolute atomic E-state index is 0.0278. The predicted octanol–water partition coefficient (Wildman–Crippen LogP) is 11.0. The monoisotopic (exact) mass is 726 g/mol. The van der Waals surface area contributed by atoms with Crippen molar-refractivity contribution < 1.29 is 27.9 Å². The summed E-state index contributed by atoms with van der Waals surface area (Å²) in [6, 6.07) is 0. The highest BCUT2D eigenvalue weighted by Crippen LogP contribution is 2.40. The van der Waals surface area contributed by atoms with E-state index in [9.17, 15) is 4.79 Å². The van der Waals surface area contributed by atoms with E-state index >= 15 is 0 Å². The van der Waals surface area contributed by atoms with Crippen molar-refractivity contribution in [1.82, 2.24) is 0 Å². The minimum Gasteiger partial charge on any atom is -0.456 e. The van der Waals surface area contributed by atoms with Gasteiger partial charge in [0.2, 0.25) is 0 Å². The fourth-order valence-electron chi connectivity index (χ4n) is 6.10. The van der Waals surface area contributed by atoms with Crippen molar-refractivity contribution in [3.8, 4) is 0 Å². The second kappa shape index (κ2) is 18.3. The standard InChI is InChI=1S/C42H70O6Si2/c1-31-25-26-44-35(28-31)23-24-39(48-50(12,13)42(7,8)9)38-21-15-20-37(47-49(10,11)41(4,5)6)30-33(3)27-32(2)29-36-19-14-17-34(45-36)18-16-22-40(43)46-38/h14-17,20,22-25,32,34-39H,3,18-19,21,26-30H2,1-2,4-13H3/b20-15+,22-16?,24-23+/t32-,34-,35+,36-,37?,38-,39+/m0/s1. The molecule has 1 unspecified atom stereocenters. The van der Waals surface area contributed by atoms with Crippen LogP contribution in [-0.2, 0) is 27.9 Å². The van der Waals surface area contributed by atoms with Gasteiger partial charge >= 0.3 is 5.97 Å². The van der Waals surface area contributed by atoms with Gasteiger partial charge in [-0.25, -0.2) is 4.79 Å². The van der Waals surface area contributed by atoms with Gasteiger partial charge in [0.15, 0.2) is 16.6 Å². The number of ether oxygens (including phenoxy) is 3. The van der Waals surface area contributed by atoms with Crippen LogP contribution in [0.5, 0.6) is 0 Å². The number of carbonyl (C=O) groups is 1. The Balaban J connectivity index is 2.02. The SMILES string of the molecule is C=C1CC(O[Si](C)(C)C(C)(C)C)/C=C/C[C@@H]([C@@H](/C=C/[C@@H]2CC(C)=CCO2)O[Si](C)(C)C(C)(C)C)OC(=O)C=CC[C@@H]2C=CC[C@@H](C[C@@H](C)C1)O2. The molecule has 3 aliphatic rings. The van der Waals surface area contributed by atoms with Crippen LogP contribution >= 0.6 is 0 Å². The summed E-state index contributed by atoms with van der Waals surface area (Å²) in [4.78, 5) is 13.5. The fourth-order valence-corrected chi connectivity index (χ4v) is 8.64. The second-order valence-corrected chi connectivity index (χ2v) is 27.5. The molecule has 0 spiro atoms. The predicted molar refractivity (Wildman–Crippen MR) is 213 cm³/mol. The Labute approximate surface area is 307 Å². The highest BCUT2D eigenvalue weighted by atomic mass is 28.4. The van der Waals surface area contributed by atoms with Gasteiger partial charge in [0.1, 0.15) is 12.2 Å². The van der Waals surface area contributed by atoms with E-state index in [1.165, 1.54) is 11.1 Å². The zero-order valence-corrected chi connectivity index (χ0v) is 35.6. The van der Waals surface area contributed by atoms with Gasteiger partial charge in [-0.1, -0.05) is 115 Å². The third kappa shape index (κ3) is 13.6. The summed E-state index contributed by atoms with van der Waals surface area (Å²) in [6.07, 6.45) is 22.9. The molecule has 3 rings (SSSR count). The van der Waals surface area contributed by atoms with E-state index in [0.717, 1.165) is 32.1 Å². The molecule has 0 N–H and O–H groups in total. The van der Waals surface area contributed by atoms with Crippen LogP contribution in [0, 0.1) is 5.92 Å². The number of hydrogen-bond acceptors (Lipinski definition) is 6. The van der Waals surface area contributed by atoms with Gasteiger partial charge in [0.25, 0.3) is 0 Å². The lowest BCUT2D eigenvalue weighted by atomic mass is 9.91. The Kier molecular flexibility index (Phi) is 15.6. The normalized spacial score (nSPS) is 30.0. The maximum Gasteiger partial charge on any atom is 0.330 e. The summed E-state index contributed by atoms with van der Waals surface area (Å²) in [6.45, 7) is 32.2. The van der Waals surface area contributed by atoms with Gasteiger partial charge < -0.3 is 23.1 Å². The first kappa shape index (κ1) is 42.6. The van der Waals surface area contributed by atoms with Crippen LogP contribution in [-0.4, -0.2) is 65.8 Å². The summed E-state index contributed by atoms with van der Waals surface area (Å²) >= 11 is 0. The maximum atomic E-state index is 13.5. The summed E-state index contributed by atoms with van der Waals surface area (Å²) in [5, 5.41) is 0.0376. The number of fused-ring (bicyclic) bond motifs is 2. The number of esters is 1. The van der Waals surface area contributed by atoms with Crippen molar-refractivity contribution in [1.29, 1.82) is 0 Å². The quantitative estimate of drug-likeness (QED) is 0.148. The summed E-state index contributed by atoms with van der Waals surface area (Å²) in [7, 11) is -4.36. The zero-order chi connectivity index (χ0) is 37.3. The lowest BCUT2D eigenvalue weighted by Crippen LogP contribution is -2.47. The average Bonchev–Trinajstić information content (AvgIpc) is 2.97. The largest absolute Gasteiger partial charge is 0.456 e. The van der Waals surface area contributed by atoms with Crippen LogP contribution in [0.3, 0.4) is 0 Å². The molecule has 282 valence electrons. The van der Waals surface area contributed by atoms with Gasteiger partial charge in [0.05, 0.1) is 31.0 Å². The average molecular weight is 727 g/mol. The van der Waals surface area contributed by atoms with Crippen LogP contribution in [0.15, 0.2) is 72.4 Å². The molecular formula is C42H70O6Si2. The fraction of sp³-hybridized carbons (Fsp3) is 0.690. The van der Waals surface area contributed by atoms with Crippen molar-refractivity contribution in [2.75, 3.05) is 6.61 Å². The van der Waals surface area contributed by atoms with E-state index < -0.39 is 28.8 Å². The van der Waals surface area contributed by atoms with Crippen LogP contribution in [0.2, 0.25) is 36.3 Å². The second-order valence-electron chi connectivity index (χ2n) is 18.0. The molecule has 0 saturated heterocycles. The smallest absolute Gasteiger partial charge is 0.330 e.